The first-order valence-corrected chi connectivity index (χ1v) is 5.25. The molecule has 3 nitrogen and oxygen atoms in total. The minimum atomic E-state index is -2.97. The van der Waals surface area contributed by atoms with Crippen LogP contribution in [0.2, 0.25) is 0 Å². The third kappa shape index (κ3) is 2.66. The molecule has 1 N–H and O–H groups in total. The van der Waals surface area contributed by atoms with Crippen LogP contribution in [0.25, 0.3) is 0 Å². The van der Waals surface area contributed by atoms with E-state index in [4.69, 9.17) is 0 Å². The minimum absolute atomic E-state index is 0.267. The predicted octanol–water partition coefficient (Wildman–Crippen LogP) is 0.336. The number of nitrogens with one attached hydrogen (secondary N) is 1. The maximum absolute atomic E-state index is 10.6. The van der Waals surface area contributed by atoms with Crippen LogP contribution in [-0.2, 0) is 10.0 Å². The summed E-state index contributed by atoms with van der Waals surface area (Å²) in [4.78, 5) is 0. The smallest absolute Gasteiger partial charge is 0.208 e. The standard InChI is InChI=1S/C6H13NO2S/c1-6(3-4-6)5-7-10(2,8)9/h7H,3-5H2,1-2H3. The average Bonchev–Trinajstić information content (AvgIpc) is 2.43. The molecule has 0 unspecified atom stereocenters. The Kier molecular flexibility index (Phi) is 1.76. The Balaban J connectivity index is 2.30. The Morgan fingerprint density at radius 2 is 2.00 bits per heavy atom. The molecule has 1 rings (SSSR count). The van der Waals surface area contributed by atoms with E-state index in [1.54, 1.807) is 0 Å². The van der Waals surface area contributed by atoms with Crippen molar-refractivity contribution in [1.82, 2.24) is 4.72 Å². The van der Waals surface area contributed by atoms with Crippen molar-refractivity contribution in [1.29, 1.82) is 0 Å². The van der Waals surface area contributed by atoms with Gasteiger partial charge in [-0.25, -0.2) is 13.1 Å². The zero-order valence-corrected chi connectivity index (χ0v) is 7.16. The Morgan fingerprint density at radius 3 is 2.30 bits per heavy atom. The largest absolute Gasteiger partial charge is 0.215 e. The second-order valence-corrected chi connectivity index (χ2v) is 5.24. The van der Waals surface area contributed by atoms with Gasteiger partial charge in [-0.3, -0.25) is 0 Å². The van der Waals surface area contributed by atoms with Gasteiger partial charge >= 0.3 is 0 Å². The number of rotatable bonds is 3. The highest BCUT2D eigenvalue weighted by molar-refractivity contribution is 7.88. The van der Waals surface area contributed by atoms with Crippen LogP contribution in [0, 0.1) is 5.41 Å². The molecule has 0 amide bonds. The first-order valence-electron chi connectivity index (χ1n) is 3.36. The Morgan fingerprint density at radius 1 is 1.50 bits per heavy atom. The highest BCUT2D eigenvalue weighted by Gasteiger charge is 2.37. The third-order valence-corrected chi connectivity index (χ3v) is 2.53. The van der Waals surface area contributed by atoms with Gasteiger partial charge in [-0.15, -0.1) is 0 Å². The summed E-state index contributed by atoms with van der Waals surface area (Å²) in [6, 6.07) is 0. The molecule has 0 aromatic heterocycles. The molecule has 1 aliphatic carbocycles. The van der Waals surface area contributed by atoms with Crippen LogP contribution in [0.3, 0.4) is 0 Å². The topological polar surface area (TPSA) is 46.2 Å². The Hall–Kier alpha value is -0.0900. The van der Waals surface area contributed by atoms with Gasteiger partial charge in [0.05, 0.1) is 6.26 Å². The molecule has 0 aromatic rings. The second kappa shape index (κ2) is 2.20. The van der Waals surface area contributed by atoms with E-state index in [0.29, 0.717) is 6.54 Å². The van der Waals surface area contributed by atoms with Crippen molar-refractivity contribution in [3.8, 4) is 0 Å². The van der Waals surface area contributed by atoms with Crippen molar-refractivity contribution >= 4 is 10.0 Å². The maximum Gasteiger partial charge on any atom is 0.208 e. The molecule has 1 saturated carbocycles. The lowest BCUT2D eigenvalue weighted by molar-refractivity contribution is 0.534. The SMILES string of the molecule is CC1(CNS(C)(=O)=O)CC1. The van der Waals surface area contributed by atoms with E-state index >= 15 is 0 Å². The zero-order chi connectivity index (χ0) is 7.83. The number of hydrogen-bond donors (Lipinski definition) is 1. The average molecular weight is 163 g/mol. The summed E-state index contributed by atoms with van der Waals surface area (Å²) in [5.41, 5.74) is 0.267. The van der Waals surface area contributed by atoms with E-state index in [1.165, 1.54) is 6.26 Å². The molecule has 60 valence electrons. The molecular formula is C6H13NO2S. The molecule has 0 atom stereocenters. The maximum atomic E-state index is 10.6. The lowest BCUT2D eigenvalue weighted by Gasteiger charge is -2.06. The van der Waals surface area contributed by atoms with Gasteiger partial charge in [-0.2, -0.15) is 0 Å². The normalized spacial score (nSPS) is 22.6. The van der Waals surface area contributed by atoms with Crippen LogP contribution in [0.15, 0.2) is 0 Å². The summed E-state index contributed by atoms with van der Waals surface area (Å²) in [5.74, 6) is 0. The van der Waals surface area contributed by atoms with Crippen LogP contribution < -0.4 is 4.72 Å². The van der Waals surface area contributed by atoms with Crippen molar-refractivity contribution in [2.24, 2.45) is 5.41 Å². The van der Waals surface area contributed by atoms with Crippen LogP contribution in [-0.4, -0.2) is 21.2 Å². The molecule has 1 fully saturated rings. The van der Waals surface area contributed by atoms with Gasteiger partial charge in [-0.1, -0.05) is 6.92 Å². The molecule has 10 heavy (non-hydrogen) atoms. The fourth-order valence-corrected chi connectivity index (χ4v) is 1.31. The molecule has 0 saturated heterocycles. The van der Waals surface area contributed by atoms with Crippen molar-refractivity contribution in [2.75, 3.05) is 12.8 Å². The summed E-state index contributed by atoms with van der Waals surface area (Å²) >= 11 is 0. The zero-order valence-electron chi connectivity index (χ0n) is 6.35. The van der Waals surface area contributed by atoms with Gasteiger partial charge in [0.2, 0.25) is 10.0 Å². The van der Waals surface area contributed by atoms with Crippen LogP contribution in [0.1, 0.15) is 19.8 Å². The van der Waals surface area contributed by atoms with Gasteiger partial charge < -0.3 is 0 Å². The Bertz CT molecular complexity index is 216. The van der Waals surface area contributed by atoms with Crippen molar-refractivity contribution < 1.29 is 8.42 Å². The van der Waals surface area contributed by atoms with Gasteiger partial charge in [0, 0.05) is 6.54 Å². The van der Waals surface area contributed by atoms with Crippen LogP contribution >= 0.6 is 0 Å². The summed E-state index contributed by atoms with van der Waals surface area (Å²) in [5, 5.41) is 0. The second-order valence-electron chi connectivity index (χ2n) is 3.40. The number of sulfonamides is 1. The first kappa shape index (κ1) is 8.01. The van der Waals surface area contributed by atoms with E-state index in [0.717, 1.165) is 12.8 Å². The van der Waals surface area contributed by atoms with Crippen LogP contribution in [0.4, 0.5) is 0 Å². The van der Waals surface area contributed by atoms with Gasteiger partial charge in [0.25, 0.3) is 0 Å². The molecule has 0 aromatic carbocycles. The minimum Gasteiger partial charge on any atom is -0.215 e. The lowest BCUT2D eigenvalue weighted by Crippen LogP contribution is -2.27. The number of hydrogen-bond acceptors (Lipinski definition) is 2. The first-order chi connectivity index (χ1) is 4.41. The quantitative estimate of drug-likeness (QED) is 0.652. The highest BCUT2D eigenvalue weighted by Crippen LogP contribution is 2.44. The van der Waals surface area contributed by atoms with Gasteiger partial charge in [0.15, 0.2) is 0 Å². The lowest BCUT2D eigenvalue weighted by atomic mass is 10.2. The third-order valence-electron chi connectivity index (χ3n) is 1.86. The van der Waals surface area contributed by atoms with Crippen molar-refractivity contribution in [3.05, 3.63) is 0 Å². The van der Waals surface area contributed by atoms with Crippen LogP contribution in [0.5, 0.6) is 0 Å². The van der Waals surface area contributed by atoms with E-state index in [-0.39, 0.29) is 5.41 Å². The van der Waals surface area contributed by atoms with Crippen molar-refractivity contribution in [3.63, 3.8) is 0 Å². The van der Waals surface area contributed by atoms with E-state index < -0.39 is 10.0 Å². The fourth-order valence-electron chi connectivity index (χ4n) is 0.695. The molecule has 0 aliphatic heterocycles. The fraction of sp³-hybridized carbons (Fsp3) is 1.00. The molecule has 0 heterocycles. The molecule has 4 heteroatoms. The summed E-state index contributed by atoms with van der Waals surface area (Å²) in [6.45, 7) is 2.69. The predicted molar refractivity (Wildman–Crippen MR) is 40.2 cm³/mol. The molecular weight excluding hydrogens is 150 g/mol. The molecule has 0 radical (unpaired) electrons. The summed E-state index contributed by atoms with van der Waals surface area (Å²) in [7, 11) is -2.97. The monoisotopic (exact) mass is 163 g/mol. The van der Waals surface area contributed by atoms with Gasteiger partial charge in [-0.05, 0) is 18.3 Å². The van der Waals surface area contributed by atoms with E-state index in [1.807, 2.05) is 0 Å². The van der Waals surface area contributed by atoms with E-state index in [2.05, 4.69) is 11.6 Å². The molecule has 1 aliphatic rings. The molecule has 0 spiro atoms. The van der Waals surface area contributed by atoms with Crippen molar-refractivity contribution in [2.45, 2.75) is 19.8 Å². The summed E-state index contributed by atoms with van der Waals surface area (Å²) < 4.78 is 23.7. The van der Waals surface area contributed by atoms with Gasteiger partial charge in [0.1, 0.15) is 0 Å². The molecule has 0 bridgehead atoms. The summed E-state index contributed by atoms with van der Waals surface area (Å²) in [6.07, 6.45) is 3.49. The Labute approximate surface area is 61.9 Å². The van der Waals surface area contributed by atoms with E-state index in [9.17, 15) is 8.42 Å². The highest BCUT2D eigenvalue weighted by atomic mass is 32.2.